The maximum absolute atomic E-state index is 13.0. The average molecular weight is 470 g/mol. The lowest BCUT2D eigenvalue weighted by Crippen LogP contribution is -2.70. The number of nitrogens with zero attached hydrogens (tertiary/aromatic N) is 3. The first-order valence-electron chi connectivity index (χ1n) is 10.4. The van der Waals surface area contributed by atoms with Crippen molar-refractivity contribution < 1.29 is 23.9 Å². The maximum atomic E-state index is 13.0. The fraction of sp³-hybridized carbons (Fsp3) is 0.348. The summed E-state index contributed by atoms with van der Waals surface area (Å²) in [5, 5.41) is 2.84. The smallest absolute Gasteiger partial charge is 0.330 e. The number of carbonyl (C=O) groups excluding carboxylic acids is 3. The number of hydrogen-bond acceptors (Lipinski definition) is 8. The molecule has 3 atom stereocenters. The molecule has 2 heterocycles. The predicted octanol–water partition coefficient (Wildman–Crippen LogP) is 2.75. The van der Waals surface area contributed by atoms with Crippen LogP contribution in [0.15, 0.2) is 65.9 Å². The fourth-order valence-corrected chi connectivity index (χ4v) is 5.65. The number of ether oxygens (including phenoxy) is 2. The molecule has 9 nitrogen and oxygen atoms in total. The van der Waals surface area contributed by atoms with E-state index < -0.39 is 46.6 Å². The van der Waals surface area contributed by atoms with E-state index >= 15 is 0 Å². The summed E-state index contributed by atoms with van der Waals surface area (Å²) in [5.74, 6) is -1.33. The number of fused-ring (bicyclic) bond motifs is 1. The summed E-state index contributed by atoms with van der Waals surface area (Å²) in [7, 11) is 0. The van der Waals surface area contributed by atoms with Crippen molar-refractivity contribution in [2.45, 2.75) is 42.7 Å². The lowest BCUT2D eigenvalue weighted by atomic mass is 9.95. The van der Waals surface area contributed by atoms with Crippen LogP contribution in [0.3, 0.4) is 0 Å². The van der Waals surface area contributed by atoms with Gasteiger partial charge in [-0.3, -0.25) is 9.59 Å². The lowest BCUT2D eigenvalue weighted by molar-refractivity contribution is -0.171. The van der Waals surface area contributed by atoms with Gasteiger partial charge in [-0.2, -0.15) is 5.01 Å². The fourth-order valence-electron chi connectivity index (χ4n) is 3.99. The van der Waals surface area contributed by atoms with Crippen molar-refractivity contribution >= 4 is 29.5 Å². The Labute approximate surface area is 195 Å². The zero-order valence-electron chi connectivity index (χ0n) is 18.1. The number of amides is 2. The number of β-lactam (4-membered cyclic amide) rings is 1. The van der Waals surface area contributed by atoms with Crippen molar-refractivity contribution in [3.63, 3.8) is 0 Å². The van der Waals surface area contributed by atoms with Gasteiger partial charge in [-0.1, -0.05) is 48.5 Å². The van der Waals surface area contributed by atoms with Gasteiger partial charge in [-0.05, 0) is 31.5 Å². The molecule has 2 aliphatic rings. The molecule has 4 rings (SSSR count). The average Bonchev–Trinajstić information content (AvgIpc) is 3.07. The highest BCUT2D eigenvalue weighted by atomic mass is 32.2. The maximum Gasteiger partial charge on any atom is 0.330 e. The van der Waals surface area contributed by atoms with E-state index in [4.69, 9.17) is 9.47 Å². The van der Waals surface area contributed by atoms with Gasteiger partial charge in [0.2, 0.25) is 0 Å². The van der Waals surface area contributed by atoms with Gasteiger partial charge in [0, 0.05) is 4.75 Å². The highest BCUT2D eigenvalue weighted by Crippen LogP contribution is 2.52. The molecule has 33 heavy (non-hydrogen) atoms. The molecule has 2 saturated heterocycles. The summed E-state index contributed by atoms with van der Waals surface area (Å²) in [6.07, 6.45) is 0. The summed E-state index contributed by atoms with van der Waals surface area (Å²) in [5.41, 5.74) is 0.832. The number of para-hydroxylation sites is 1. The first kappa shape index (κ1) is 22.8. The molecule has 0 radical (unpaired) electrons. The minimum absolute atomic E-state index is 0.0877. The normalized spacial score (nSPS) is 22.7. The number of benzene rings is 2. The third-order valence-electron chi connectivity index (χ3n) is 5.57. The van der Waals surface area contributed by atoms with E-state index in [1.807, 2.05) is 44.2 Å². The van der Waals surface area contributed by atoms with Crippen LogP contribution in [-0.2, 0) is 25.7 Å². The van der Waals surface area contributed by atoms with Gasteiger partial charge >= 0.3 is 5.97 Å². The number of carbonyl (C=O) groups is 3. The van der Waals surface area contributed by atoms with Crippen LogP contribution in [0.1, 0.15) is 19.4 Å². The highest BCUT2D eigenvalue weighted by molar-refractivity contribution is 8.01. The van der Waals surface area contributed by atoms with Gasteiger partial charge in [0.1, 0.15) is 23.8 Å². The van der Waals surface area contributed by atoms with Crippen LogP contribution in [0.25, 0.3) is 0 Å². The molecule has 2 amide bonds. The molecule has 10 heteroatoms. The SMILES string of the molecule is CC1(C)SC2C(N(N=O)C(=O)COc3ccccc3)C(=O)N2[C@H]1C(=O)OCc1ccccc1. The van der Waals surface area contributed by atoms with Crippen molar-refractivity contribution in [2.24, 2.45) is 5.29 Å². The summed E-state index contributed by atoms with van der Waals surface area (Å²) in [6, 6.07) is 15.9. The summed E-state index contributed by atoms with van der Waals surface area (Å²) >= 11 is 1.33. The first-order valence-corrected chi connectivity index (χ1v) is 11.2. The van der Waals surface area contributed by atoms with Crippen LogP contribution in [0.5, 0.6) is 5.75 Å². The standard InChI is InChI=1S/C23H23N3O6S/c1-23(2)19(22(29)32-13-15-9-5-3-6-10-15)25-20(28)18(21(25)33-23)26(24-30)17(27)14-31-16-11-7-4-8-12-16/h3-12,18-19,21H,13-14H2,1-2H3/t18?,19-,21?/m0/s1. The minimum Gasteiger partial charge on any atom is -0.484 e. The Balaban J connectivity index is 1.42. The molecule has 2 aromatic rings. The second-order valence-electron chi connectivity index (χ2n) is 8.22. The predicted molar refractivity (Wildman–Crippen MR) is 121 cm³/mol. The molecule has 2 aromatic carbocycles. The Morgan fingerprint density at radius 1 is 1.09 bits per heavy atom. The van der Waals surface area contributed by atoms with Gasteiger partial charge < -0.3 is 14.4 Å². The molecule has 2 aliphatic heterocycles. The number of thioether (sulfide) groups is 1. The van der Waals surface area contributed by atoms with Crippen LogP contribution < -0.4 is 4.74 Å². The van der Waals surface area contributed by atoms with Gasteiger partial charge in [-0.25, -0.2) is 4.79 Å². The molecular formula is C23H23N3O6S. The Hall–Kier alpha value is -3.40. The van der Waals surface area contributed by atoms with E-state index in [2.05, 4.69) is 5.29 Å². The molecule has 0 aromatic heterocycles. The van der Waals surface area contributed by atoms with Gasteiger partial charge in [0.25, 0.3) is 11.8 Å². The molecule has 0 aliphatic carbocycles. The highest BCUT2D eigenvalue weighted by Gasteiger charge is 2.66. The summed E-state index contributed by atoms with van der Waals surface area (Å²) < 4.78 is 10.2. The Morgan fingerprint density at radius 2 is 1.73 bits per heavy atom. The molecule has 172 valence electrons. The third kappa shape index (κ3) is 4.43. The largest absolute Gasteiger partial charge is 0.484 e. The molecule has 2 fully saturated rings. The monoisotopic (exact) mass is 469 g/mol. The van der Waals surface area contributed by atoms with Gasteiger partial charge in [0.15, 0.2) is 12.6 Å². The number of hydrogen-bond donors (Lipinski definition) is 0. The van der Waals surface area contributed by atoms with Crippen LogP contribution in [0, 0.1) is 4.91 Å². The topological polar surface area (TPSA) is 106 Å². The van der Waals surface area contributed by atoms with E-state index in [-0.39, 0.29) is 6.61 Å². The van der Waals surface area contributed by atoms with E-state index in [1.165, 1.54) is 16.7 Å². The van der Waals surface area contributed by atoms with Crippen molar-refractivity contribution in [1.82, 2.24) is 9.91 Å². The zero-order valence-corrected chi connectivity index (χ0v) is 18.9. The lowest BCUT2D eigenvalue weighted by Gasteiger charge is -2.45. The molecular weight excluding hydrogens is 446 g/mol. The van der Waals surface area contributed by atoms with E-state index in [0.717, 1.165) is 5.56 Å². The Morgan fingerprint density at radius 3 is 2.36 bits per heavy atom. The third-order valence-corrected chi connectivity index (χ3v) is 7.13. The van der Waals surface area contributed by atoms with Crippen LogP contribution in [-0.4, -0.2) is 56.5 Å². The summed E-state index contributed by atoms with van der Waals surface area (Å²) in [4.78, 5) is 51.3. The molecule has 0 bridgehead atoms. The second-order valence-corrected chi connectivity index (χ2v) is 9.99. The van der Waals surface area contributed by atoms with Gasteiger partial charge in [-0.15, -0.1) is 16.7 Å². The van der Waals surface area contributed by atoms with Crippen molar-refractivity contribution in [3.05, 3.63) is 71.1 Å². The quantitative estimate of drug-likeness (QED) is 0.253. The zero-order chi connectivity index (χ0) is 23.6. The molecule has 2 unspecified atom stereocenters. The molecule has 0 spiro atoms. The van der Waals surface area contributed by atoms with Crippen molar-refractivity contribution in [2.75, 3.05) is 6.61 Å². The van der Waals surface area contributed by atoms with E-state index in [9.17, 15) is 19.3 Å². The second kappa shape index (κ2) is 9.22. The molecule has 0 saturated carbocycles. The number of esters is 1. The van der Waals surface area contributed by atoms with Crippen LogP contribution in [0.4, 0.5) is 0 Å². The van der Waals surface area contributed by atoms with Crippen LogP contribution in [0.2, 0.25) is 0 Å². The molecule has 0 N–H and O–H groups in total. The van der Waals surface area contributed by atoms with Crippen molar-refractivity contribution in [1.29, 1.82) is 0 Å². The van der Waals surface area contributed by atoms with E-state index in [0.29, 0.717) is 10.8 Å². The Bertz CT molecular complexity index is 1050. The van der Waals surface area contributed by atoms with Gasteiger partial charge in [0.05, 0.1) is 5.29 Å². The minimum atomic E-state index is -1.09. The van der Waals surface area contributed by atoms with Crippen molar-refractivity contribution in [3.8, 4) is 5.75 Å². The Kier molecular flexibility index (Phi) is 6.37. The van der Waals surface area contributed by atoms with Crippen LogP contribution >= 0.6 is 11.8 Å². The number of rotatable bonds is 8. The van der Waals surface area contributed by atoms with E-state index in [1.54, 1.807) is 30.3 Å². The first-order chi connectivity index (χ1) is 15.8. The number of nitroso groups, excluding NO2 is 1. The summed E-state index contributed by atoms with van der Waals surface area (Å²) in [6.45, 7) is 3.30.